The largest absolute Gasteiger partial charge is 0.497 e. The third-order valence-electron chi connectivity index (χ3n) is 5.72. The Kier molecular flexibility index (Phi) is 7.98. The minimum atomic E-state index is -3.83. The van der Waals surface area contributed by atoms with Crippen molar-refractivity contribution in [2.75, 3.05) is 24.4 Å². The van der Waals surface area contributed by atoms with Crippen LogP contribution in [0.5, 0.6) is 17.2 Å². The van der Waals surface area contributed by atoms with Gasteiger partial charge in [0.25, 0.3) is 0 Å². The monoisotopic (exact) mass is 549 g/mol. The van der Waals surface area contributed by atoms with E-state index in [4.69, 9.17) is 19.3 Å². The first-order valence-electron chi connectivity index (χ1n) is 11.6. The van der Waals surface area contributed by atoms with Crippen molar-refractivity contribution in [3.05, 3.63) is 84.1 Å². The zero-order valence-electron chi connectivity index (χ0n) is 21.7. The Hall–Kier alpha value is -4.68. The topological polar surface area (TPSA) is 146 Å². The second-order valence-electron chi connectivity index (χ2n) is 8.39. The maximum absolute atomic E-state index is 13.7. The zero-order chi connectivity index (χ0) is 28.2. The smallest absolute Gasteiger partial charge is 0.425 e. The Morgan fingerprint density at radius 1 is 0.923 bits per heavy atom. The van der Waals surface area contributed by atoms with Gasteiger partial charge in [-0.2, -0.15) is 4.98 Å². The maximum atomic E-state index is 13.7. The van der Waals surface area contributed by atoms with Crippen LogP contribution in [0.1, 0.15) is 11.1 Å². The van der Waals surface area contributed by atoms with Gasteiger partial charge in [-0.1, -0.05) is 18.2 Å². The maximum Gasteiger partial charge on any atom is 0.425 e. The summed E-state index contributed by atoms with van der Waals surface area (Å²) in [5.74, 6) is 1.46. The molecule has 0 aliphatic rings. The van der Waals surface area contributed by atoms with Crippen LogP contribution in [0.3, 0.4) is 0 Å². The second kappa shape index (κ2) is 11.4. The second-order valence-corrected chi connectivity index (χ2v) is 9.95. The summed E-state index contributed by atoms with van der Waals surface area (Å²) in [5.41, 5.74) is 2.75. The molecule has 0 spiro atoms. The molecule has 39 heavy (non-hydrogen) atoms. The first kappa shape index (κ1) is 27.4. The molecule has 0 fully saturated rings. The van der Waals surface area contributed by atoms with Crippen LogP contribution in [0.15, 0.2) is 77.8 Å². The van der Waals surface area contributed by atoms with Crippen LogP contribution in [0.25, 0.3) is 0 Å². The molecule has 0 unspecified atom stereocenters. The summed E-state index contributed by atoms with van der Waals surface area (Å²) in [5, 5.41) is 8.18. The van der Waals surface area contributed by atoms with Crippen molar-refractivity contribution in [2.24, 2.45) is 5.14 Å². The highest BCUT2D eigenvalue weighted by molar-refractivity contribution is 7.89. The van der Waals surface area contributed by atoms with Crippen LogP contribution < -0.4 is 29.6 Å². The molecule has 202 valence electrons. The molecule has 11 nitrogen and oxygen atoms in total. The van der Waals surface area contributed by atoms with Gasteiger partial charge in [0.05, 0.1) is 24.8 Å². The predicted octanol–water partition coefficient (Wildman–Crippen LogP) is 4.84. The average Bonchev–Trinajstić information content (AvgIpc) is 2.91. The van der Waals surface area contributed by atoms with Crippen molar-refractivity contribution in [3.63, 3.8) is 0 Å². The van der Waals surface area contributed by atoms with Gasteiger partial charge < -0.3 is 19.5 Å². The number of benzene rings is 3. The predicted molar refractivity (Wildman–Crippen MR) is 147 cm³/mol. The normalized spacial score (nSPS) is 11.0. The number of aryl methyl sites for hydroxylation is 2. The molecule has 0 radical (unpaired) electrons. The van der Waals surface area contributed by atoms with E-state index in [1.165, 1.54) is 49.6 Å². The van der Waals surface area contributed by atoms with E-state index in [0.717, 1.165) is 11.1 Å². The van der Waals surface area contributed by atoms with Crippen molar-refractivity contribution in [1.82, 2.24) is 9.97 Å². The fraction of sp³-hybridized carbons (Fsp3) is 0.148. The van der Waals surface area contributed by atoms with Crippen LogP contribution >= 0.6 is 0 Å². The number of nitrogens with two attached hydrogens (primary N) is 1. The third kappa shape index (κ3) is 6.25. The number of para-hydroxylation sites is 1. The van der Waals surface area contributed by atoms with Crippen molar-refractivity contribution < 1.29 is 27.4 Å². The number of primary sulfonamides is 1. The molecule has 12 heteroatoms. The van der Waals surface area contributed by atoms with Crippen LogP contribution in [0, 0.1) is 13.8 Å². The van der Waals surface area contributed by atoms with Crippen molar-refractivity contribution in [1.29, 1.82) is 0 Å². The van der Waals surface area contributed by atoms with Crippen LogP contribution in [0.4, 0.5) is 27.9 Å². The lowest BCUT2D eigenvalue weighted by molar-refractivity contribution is 0.208. The molecule has 0 saturated carbocycles. The minimum absolute atomic E-state index is 0.0272. The van der Waals surface area contributed by atoms with Gasteiger partial charge in [0, 0.05) is 24.0 Å². The van der Waals surface area contributed by atoms with E-state index in [2.05, 4.69) is 15.3 Å². The molecule has 3 N–H and O–H groups in total. The molecule has 1 amide bonds. The molecule has 0 aliphatic carbocycles. The molecule has 4 rings (SSSR count). The van der Waals surface area contributed by atoms with Crippen LogP contribution in [-0.4, -0.2) is 38.7 Å². The Balaban J connectivity index is 1.72. The molecule has 1 heterocycles. The van der Waals surface area contributed by atoms with E-state index in [9.17, 15) is 13.2 Å². The molecule has 0 bridgehead atoms. The zero-order valence-corrected chi connectivity index (χ0v) is 22.5. The number of carbonyl (C=O) groups is 1. The van der Waals surface area contributed by atoms with Gasteiger partial charge in [-0.15, -0.1) is 0 Å². The fourth-order valence-electron chi connectivity index (χ4n) is 3.85. The first-order chi connectivity index (χ1) is 18.6. The third-order valence-corrected chi connectivity index (χ3v) is 6.65. The number of ether oxygens (including phenoxy) is 3. The summed E-state index contributed by atoms with van der Waals surface area (Å²) in [6, 6.07) is 17.9. The van der Waals surface area contributed by atoms with E-state index < -0.39 is 16.1 Å². The summed E-state index contributed by atoms with van der Waals surface area (Å²) in [6.45, 7) is 3.76. The summed E-state index contributed by atoms with van der Waals surface area (Å²) in [6.07, 6.45) is 0.767. The van der Waals surface area contributed by atoms with Gasteiger partial charge in [0.15, 0.2) is 11.5 Å². The summed E-state index contributed by atoms with van der Waals surface area (Å²) in [4.78, 5) is 23.8. The highest BCUT2D eigenvalue weighted by Gasteiger charge is 2.26. The Bertz CT molecular complexity index is 1590. The summed E-state index contributed by atoms with van der Waals surface area (Å²) < 4.78 is 39.5. The van der Waals surface area contributed by atoms with Gasteiger partial charge in [-0.3, -0.25) is 0 Å². The number of aromatic nitrogens is 2. The highest BCUT2D eigenvalue weighted by Crippen LogP contribution is 2.35. The minimum Gasteiger partial charge on any atom is -0.497 e. The lowest BCUT2D eigenvalue weighted by Crippen LogP contribution is -2.31. The van der Waals surface area contributed by atoms with E-state index in [1.807, 2.05) is 32.0 Å². The summed E-state index contributed by atoms with van der Waals surface area (Å²) >= 11 is 0. The van der Waals surface area contributed by atoms with Crippen LogP contribution in [-0.2, 0) is 10.0 Å². The number of rotatable bonds is 8. The van der Waals surface area contributed by atoms with Gasteiger partial charge in [0.1, 0.15) is 11.6 Å². The lowest BCUT2D eigenvalue weighted by atomic mass is 10.1. The number of hydrogen-bond acceptors (Lipinski definition) is 9. The molecule has 0 saturated heterocycles. The number of amides is 1. The van der Waals surface area contributed by atoms with E-state index in [-0.39, 0.29) is 22.4 Å². The molecule has 4 aromatic rings. The Morgan fingerprint density at radius 3 is 2.23 bits per heavy atom. The quantitative estimate of drug-likeness (QED) is 0.315. The van der Waals surface area contributed by atoms with E-state index >= 15 is 0 Å². The fourth-order valence-corrected chi connectivity index (χ4v) is 4.36. The molecule has 3 aromatic carbocycles. The number of carbonyl (C=O) groups excluding carboxylic acids is 1. The molecule has 1 aromatic heterocycles. The molecular formula is C27H27N5O6S. The molecular weight excluding hydrogens is 522 g/mol. The van der Waals surface area contributed by atoms with Crippen molar-refractivity contribution >= 4 is 39.3 Å². The van der Waals surface area contributed by atoms with Crippen molar-refractivity contribution in [3.8, 4) is 17.2 Å². The van der Waals surface area contributed by atoms with Gasteiger partial charge >= 0.3 is 6.09 Å². The van der Waals surface area contributed by atoms with E-state index in [0.29, 0.717) is 22.9 Å². The number of hydrogen-bond donors (Lipinski definition) is 2. The number of nitrogens with one attached hydrogen (secondary N) is 1. The number of anilines is 4. The first-order valence-corrected chi connectivity index (χ1v) is 13.2. The number of methoxy groups -OCH3 is 2. The lowest BCUT2D eigenvalue weighted by Gasteiger charge is -2.25. The SMILES string of the molecule is COc1ccc(OC(=O)N(c2ccnc(Nc3ccc(S(N)(=O)=O)cc3)n2)c2c(C)cccc2C)c(OC)c1. The Labute approximate surface area is 226 Å². The molecule has 0 atom stereocenters. The average molecular weight is 550 g/mol. The van der Waals surface area contributed by atoms with Crippen molar-refractivity contribution in [2.45, 2.75) is 18.7 Å². The van der Waals surface area contributed by atoms with Gasteiger partial charge in [-0.05, 0) is 61.4 Å². The number of sulfonamides is 1. The van der Waals surface area contributed by atoms with Gasteiger partial charge in [0.2, 0.25) is 16.0 Å². The highest BCUT2D eigenvalue weighted by atomic mass is 32.2. The Morgan fingerprint density at radius 2 is 1.62 bits per heavy atom. The van der Waals surface area contributed by atoms with Crippen LogP contribution in [0.2, 0.25) is 0 Å². The van der Waals surface area contributed by atoms with E-state index in [1.54, 1.807) is 24.3 Å². The number of nitrogens with zero attached hydrogens (tertiary/aromatic N) is 3. The standard InChI is InChI=1S/C27H27N5O6S/c1-17-6-5-7-18(2)25(17)32(27(33)38-22-13-10-20(36-3)16-23(22)37-4)24-14-15-29-26(31-24)30-19-8-11-21(12-9-19)39(28,34)35/h5-16H,1-4H3,(H2,28,34,35)(H,29,30,31). The van der Waals surface area contributed by atoms with Gasteiger partial charge in [-0.25, -0.2) is 28.2 Å². The summed E-state index contributed by atoms with van der Waals surface area (Å²) in [7, 11) is -0.835. The molecule has 0 aliphatic heterocycles.